The van der Waals surface area contributed by atoms with Crippen molar-refractivity contribution in [3.05, 3.63) is 71.1 Å². The molecule has 7 heteroatoms. The molecule has 3 aromatic rings. The average Bonchev–Trinajstić information content (AvgIpc) is 2.95. The van der Waals surface area contributed by atoms with Crippen LogP contribution in [0.4, 0.5) is 15.8 Å². The van der Waals surface area contributed by atoms with Crippen molar-refractivity contribution < 1.29 is 33.1 Å². The lowest BCUT2D eigenvalue weighted by Crippen LogP contribution is -2.11. The predicted octanol–water partition coefficient (Wildman–Crippen LogP) is 4.93. The highest BCUT2D eigenvalue weighted by Gasteiger charge is 2.16. The van der Waals surface area contributed by atoms with Gasteiger partial charge in [-0.05, 0) is 63.6 Å². The van der Waals surface area contributed by atoms with Gasteiger partial charge < -0.3 is 15.0 Å². The van der Waals surface area contributed by atoms with E-state index in [4.69, 9.17) is 23.9 Å². The summed E-state index contributed by atoms with van der Waals surface area (Å²) in [5.41, 5.74) is -1.22. The summed E-state index contributed by atoms with van der Waals surface area (Å²) in [4.78, 5) is 17.5. The number of pyridine rings is 1. The molecule has 0 bridgehead atoms. The second-order valence-electron chi connectivity index (χ2n) is 6.76. The van der Waals surface area contributed by atoms with Crippen molar-refractivity contribution in [3.63, 3.8) is 0 Å². The summed E-state index contributed by atoms with van der Waals surface area (Å²) in [6.45, 7) is -11.3. The van der Waals surface area contributed by atoms with Crippen LogP contribution in [0.5, 0.6) is 5.75 Å². The lowest BCUT2D eigenvalue weighted by atomic mass is 10.0. The summed E-state index contributed by atoms with van der Waals surface area (Å²) in [6, 6.07) is 0.990. The van der Waals surface area contributed by atoms with Gasteiger partial charge in [-0.25, -0.2) is 4.39 Å². The number of likely N-dealkylation sites (N-methyl/N-ethyl adjacent to an activating group) is 1. The smallest absolute Gasteiger partial charge is 0.159 e. The molecule has 0 radical (unpaired) electrons. The van der Waals surface area contributed by atoms with E-state index >= 15 is 0 Å². The van der Waals surface area contributed by atoms with Crippen LogP contribution >= 0.6 is 0 Å². The molecule has 170 valence electrons. The van der Waals surface area contributed by atoms with Gasteiger partial charge >= 0.3 is 0 Å². The van der Waals surface area contributed by atoms with Gasteiger partial charge in [0.05, 0.1) is 31.6 Å². The summed E-state index contributed by atoms with van der Waals surface area (Å²) in [5.74, 6) is -2.61. The molecule has 1 aromatic heterocycles. The van der Waals surface area contributed by atoms with Crippen molar-refractivity contribution in [2.75, 3.05) is 32.4 Å². The normalized spacial score (nSPS) is 19.3. The molecule has 0 aliphatic rings. The van der Waals surface area contributed by atoms with E-state index < -0.39 is 74.8 Å². The van der Waals surface area contributed by atoms with Gasteiger partial charge in [-0.15, -0.1) is 0 Å². The molecule has 0 saturated heterocycles. The van der Waals surface area contributed by atoms with Crippen molar-refractivity contribution >= 4 is 28.1 Å². The van der Waals surface area contributed by atoms with Gasteiger partial charge in [0.1, 0.15) is 17.6 Å². The third-order valence-corrected chi connectivity index (χ3v) is 4.35. The summed E-state index contributed by atoms with van der Waals surface area (Å²) in [6.07, 6.45) is 0.781. The lowest BCUT2D eigenvalue weighted by Gasteiger charge is -2.15. The zero-order chi connectivity index (χ0) is 36.0. The van der Waals surface area contributed by atoms with Gasteiger partial charge in [0, 0.05) is 52.8 Å². The number of halogens is 1. The van der Waals surface area contributed by atoms with Crippen LogP contribution in [0.25, 0.3) is 10.9 Å². The molecule has 0 saturated carbocycles. The number of ketones is 1. The number of carbonyl (C=O) groups is 1. The molecule has 1 N–H and O–H groups in total. The molecule has 33 heavy (non-hydrogen) atoms. The van der Waals surface area contributed by atoms with E-state index in [9.17, 15) is 14.4 Å². The van der Waals surface area contributed by atoms with Gasteiger partial charge in [-0.3, -0.25) is 9.78 Å². The van der Waals surface area contributed by atoms with Crippen molar-refractivity contribution in [2.45, 2.75) is 20.2 Å². The number of rotatable bonds is 9. The Bertz CT molecular complexity index is 1790. The average molecular weight is 461 g/mol. The van der Waals surface area contributed by atoms with Crippen LogP contribution in [0, 0.1) is 24.1 Å². The van der Waals surface area contributed by atoms with Crippen LogP contribution in [0.2, 0.25) is 0 Å². The maximum absolute atomic E-state index is 14.4. The van der Waals surface area contributed by atoms with E-state index in [0.29, 0.717) is 6.08 Å². The summed E-state index contributed by atoms with van der Waals surface area (Å²) in [7, 11) is 0.886. The first-order valence-electron chi connectivity index (χ1n) is 16.4. The number of hydrogen-bond acceptors (Lipinski definition) is 6. The quantitative estimate of drug-likeness (QED) is 0.457. The highest BCUT2D eigenvalue weighted by Crippen LogP contribution is 2.34. The first-order valence-corrected chi connectivity index (χ1v) is 9.38. The maximum Gasteiger partial charge on any atom is 0.159 e. The fraction of sp³-hybridized carbons (Fsp3) is 0.269. The van der Waals surface area contributed by atoms with Crippen LogP contribution in [0.15, 0.2) is 48.6 Å². The van der Waals surface area contributed by atoms with Crippen LogP contribution in [-0.4, -0.2) is 42.7 Å². The number of nitrogens with one attached hydrogen (secondary N) is 1. The van der Waals surface area contributed by atoms with E-state index in [0.717, 1.165) is 25.4 Å². The van der Waals surface area contributed by atoms with E-state index in [-0.39, 0.29) is 43.9 Å². The lowest BCUT2D eigenvalue weighted by molar-refractivity contribution is -0.114. The number of ether oxygens (including phenoxy) is 1. The fourth-order valence-electron chi connectivity index (χ4n) is 2.89. The second kappa shape index (κ2) is 10.7. The molecule has 0 aliphatic heterocycles. The monoisotopic (exact) mass is 460 g/mol. The van der Waals surface area contributed by atoms with E-state index in [1.807, 2.05) is 6.07 Å². The van der Waals surface area contributed by atoms with Gasteiger partial charge in [-0.1, -0.05) is 6.05 Å². The Labute approximate surface area is 213 Å². The Morgan fingerprint density at radius 1 is 1.52 bits per heavy atom. The Morgan fingerprint density at radius 2 is 2.36 bits per heavy atom. The van der Waals surface area contributed by atoms with Crippen LogP contribution in [0.3, 0.4) is 0 Å². The molecule has 0 unspecified atom stereocenters. The van der Waals surface area contributed by atoms with Gasteiger partial charge in [0.25, 0.3) is 0 Å². The predicted molar refractivity (Wildman–Crippen MR) is 128 cm³/mol. The Morgan fingerprint density at radius 3 is 3.12 bits per heavy atom. The largest absolute Gasteiger partial charge is 0.494 e. The van der Waals surface area contributed by atoms with E-state index in [2.05, 4.69) is 10.3 Å². The number of carbonyl (C=O) groups excluding carboxylic acids is 1. The topological polar surface area (TPSA) is 78.2 Å². The molecule has 0 spiro atoms. The summed E-state index contributed by atoms with van der Waals surface area (Å²) < 4.78 is 129. The molecular weight excluding hydrogens is 419 g/mol. The molecule has 0 aliphatic carbocycles. The molecule has 2 aromatic carbocycles. The standard InChI is InChI=1S/C26H27FN4O2/c1-5-33-25-14-24-22(13-18(25)12-21(32)7-6-10-31(3)4)26(19(15-28)16-29-24)30-20-8-9-23(27)17(2)11-20/h6-9,11,13-14,16H,5,10,12H2,1-4H3,(H,29,30)/b7-6+/i1D3,3D3,5D2,6D,8D,9D,10D2,11D. The maximum atomic E-state index is 14.4. The van der Waals surface area contributed by atoms with Crippen LogP contribution in [0.1, 0.15) is 42.7 Å². The molecule has 6 nitrogen and oxygen atoms in total. The number of anilines is 2. The number of allylic oxidation sites excluding steroid dienone is 1. The van der Waals surface area contributed by atoms with Crippen molar-refractivity contribution in [1.82, 2.24) is 9.88 Å². The zero-order valence-electron chi connectivity index (χ0n) is 31.6. The number of benzene rings is 2. The van der Waals surface area contributed by atoms with Gasteiger partial charge in [0.2, 0.25) is 0 Å². The minimum absolute atomic E-state index is 0.00602. The SMILES string of the molecule is [2H]/C(=C\C(=O)Cc1cc2c(Nc3c([2H])c([2H])c(F)c(C)c3[2H])c(C#N)cnc2cc1OC([2H])([2H])C([2H])([2H])[2H])C([2H])([2H])N(C)C([2H])([2H])[2H]. The second-order valence-corrected chi connectivity index (χ2v) is 6.76. The Balaban J connectivity index is 2.27. The van der Waals surface area contributed by atoms with Crippen molar-refractivity contribution in [2.24, 2.45) is 0 Å². The number of nitriles is 1. The van der Waals surface area contributed by atoms with E-state index in [1.54, 1.807) is 0 Å². The minimum atomic E-state index is -3.32. The molecule has 3 rings (SSSR count). The molecule has 0 atom stereocenters. The first kappa shape index (κ1) is 11.4. The Kier molecular flexibility index (Phi) is 3.70. The Hall–Kier alpha value is -3.76. The first-order chi connectivity index (χ1) is 21.3. The number of aromatic nitrogens is 1. The van der Waals surface area contributed by atoms with Crippen LogP contribution < -0.4 is 10.1 Å². The molecule has 1 heterocycles. The van der Waals surface area contributed by atoms with E-state index in [1.165, 1.54) is 6.92 Å². The summed E-state index contributed by atoms with van der Waals surface area (Å²) in [5, 5.41) is 12.5. The van der Waals surface area contributed by atoms with Crippen molar-refractivity contribution in [3.8, 4) is 11.8 Å². The summed E-state index contributed by atoms with van der Waals surface area (Å²) >= 11 is 0. The molecular formula is C26H27FN4O2. The number of hydrogen-bond donors (Lipinski definition) is 1. The molecule has 0 amide bonds. The highest BCUT2D eigenvalue weighted by molar-refractivity contribution is 5.98. The fourth-order valence-corrected chi connectivity index (χ4v) is 2.89. The minimum Gasteiger partial charge on any atom is -0.494 e. The van der Waals surface area contributed by atoms with Crippen LogP contribution in [-0.2, 0) is 11.2 Å². The molecule has 0 fully saturated rings. The zero-order valence-corrected chi connectivity index (χ0v) is 17.6. The number of fused-ring (bicyclic) bond motifs is 1. The number of nitrogens with zero attached hydrogens (tertiary/aromatic N) is 3. The highest BCUT2D eigenvalue weighted by atomic mass is 19.1. The van der Waals surface area contributed by atoms with Crippen molar-refractivity contribution in [1.29, 1.82) is 5.26 Å². The third kappa shape index (κ3) is 5.93. The third-order valence-electron chi connectivity index (χ3n) is 4.35. The van der Waals surface area contributed by atoms with Gasteiger partial charge in [-0.2, -0.15) is 5.26 Å². The van der Waals surface area contributed by atoms with Gasteiger partial charge in [0.15, 0.2) is 5.78 Å².